The van der Waals surface area contributed by atoms with E-state index in [0.29, 0.717) is 28.8 Å². The van der Waals surface area contributed by atoms with E-state index in [-0.39, 0.29) is 17.7 Å². The molecule has 0 spiro atoms. The fourth-order valence-corrected chi connectivity index (χ4v) is 2.93. The molecule has 1 N–H and O–H groups in total. The first-order valence-electron chi connectivity index (χ1n) is 8.63. The van der Waals surface area contributed by atoms with Gasteiger partial charge < -0.3 is 9.72 Å². The SMILES string of the molecule is COC(=O)c1ccc2c(=O)[nH]c(CN(C)Cc3ccc(C(F)(F)F)cc3)nc2c1. The highest BCUT2D eigenvalue weighted by Crippen LogP contribution is 2.29. The minimum atomic E-state index is -4.37. The van der Waals surface area contributed by atoms with Crippen molar-refractivity contribution in [3.63, 3.8) is 0 Å². The fraction of sp³-hybridized carbons (Fsp3) is 0.250. The number of rotatable bonds is 5. The highest BCUT2D eigenvalue weighted by Gasteiger charge is 2.29. The molecule has 0 fully saturated rings. The number of ether oxygens (including phenoxy) is 1. The van der Waals surface area contributed by atoms with Crippen molar-refractivity contribution in [3.8, 4) is 0 Å². The molecule has 1 heterocycles. The lowest BCUT2D eigenvalue weighted by Crippen LogP contribution is -2.22. The zero-order valence-corrected chi connectivity index (χ0v) is 15.7. The summed E-state index contributed by atoms with van der Waals surface area (Å²) in [5.74, 6) is -0.158. The van der Waals surface area contributed by atoms with Crippen LogP contribution in [0.1, 0.15) is 27.3 Å². The van der Waals surface area contributed by atoms with Crippen molar-refractivity contribution in [2.24, 2.45) is 0 Å². The van der Waals surface area contributed by atoms with Crippen LogP contribution in [0.15, 0.2) is 47.3 Å². The molecule has 0 aliphatic heterocycles. The maximum Gasteiger partial charge on any atom is 0.416 e. The first-order valence-corrected chi connectivity index (χ1v) is 8.63. The summed E-state index contributed by atoms with van der Waals surface area (Å²) in [6.07, 6.45) is -4.37. The van der Waals surface area contributed by atoms with Crippen molar-refractivity contribution in [2.75, 3.05) is 14.2 Å². The quantitative estimate of drug-likeness (QED) is 0.659. The molecule has 3 rings (SSSR count). The van der Waals surface area contributed by atoms with Crippen LogP contribution in [-0.4, -0.2) is 35.0 Å². The zero-order chi connectivity index (χ0) is 21.2. The number of hydrogen-bond acceptors (Lipinski definition) is 5. The monoisotopic (exact) mass is 405 g/mol. The van der Waals surface area contributed by atoms with Crippen LogP contribution in [0.3, 0.4) is 0 Å². The van der Waals surface area contributed by atoms with Crippen molar-refractivity contribution in [1.29, 1.82) is 0 Å². The average molecular weight is 405 g/mol. The van der Waals surface area contributed by atoms with Gasteiger partial charge in [-0.05, 0) is 42.9 Å². The summed E-state index contributed by atoms with van der Waals surface area (Å²) in [7, 11) is 3.02. The zero-order valence-electron chi connectivity index (χ0n) is 15.7. The van der Waals surface area contributed by atoms with Gasteiger partial charge in [-0.15, -0.1) is 0 Å². The smallest absolute Gasteiger partial charge is 0.416 e. The van der Waals surface area contributed by atoms with Crippen LogP contribution >= 0.6 is 0 Å². The number of aromatic amines is 1. The molecular weight excluding hydrogens is 387 g/mol. The van der Waals surface area contributed by atoms with E-state index < -0.39 is 17.7 Å². The van der Waals surface area contributed by atoms with Crippen molar-refractivity contribution < 1.29 is 22.7 Å². The number of alkyl halides is 3. The largest absolute Gasteiger partial charge is 0.465 e. The Morgan fingerprint density at radius 2 is 1.83 bits per heavy atom. The number of carbonyl (C=O) groups is 1. The van der Waals surface area contributed by atoms with E-state index in [1.54, 1.807) is 11.9 Å². The van der Waals surface area contributed by atoms with Gasteiger partial charge in [-0.25, -0.2) is 9.78 Å². The highest BCUT2D eigenvalue weighted by atomic mass is 19.4. The summed E-state index contributed by atoms with van der Waals surface area (Å²) in [4.78, 5) is 32.8. The van der Waals surface area contributed by atoms with Crippen molar-refractivity contribution >= 4 is 16.9 Å². The van der Waals surface area contributed by atoms with E-state index in [9.17, 15) is 22.8 Å². The summed E-state index contributed by atoms with van der Waals surface area (Å²) in [6, 6.07) is 9.37. The number of fused-ring (bicyclic) bond motifs is 1. The third-order valence-corrected chi connectivity index (χ3v) is 4.33. The van der Waals surface area contributed by atoms with E-state index >= 15 is 0 Å². The first-order chi connectivity index (χ1) is 13.7. The summed E-state index contributed by atoms with van der Waals surface area (Å²) in [5.41, 5.74) is 0.281. The summed E-state index contributed by atoms with van der Waals surface area (Å²) in [5, 5.41) is 0.340. The van der Waals surface area contributed by atoms with Crippen molar-refractivity contribution in [1.82, 2.24) is 14.9 Å². The number of nitrogens with zero attached hydrogens (tertiary/aromatic N) is 2. The van der Waals surface area contributed by atoms with Crippen LogP contribution < -0.4 is 5.56 Å². The molecule has 152 valence electrons. The normalized spacial score (nSPS) is 11.8. The second-order valence-electron chi connectivity index (χ2n) is 6.60. The first kappa shape index (κ1) is 20.5. The number of methoxy groups -OCH3 is 1. The number of carbonyl (C=O) groups excluding carboxylic acids is 1. The predicted molar refractivity (Wildman–Crippen MR) is 100 cm³/mol. The number of hydrogen-bond donors (Lipinski definition) is 1. The van der Waals surface area contributed by atoms with Crippen LogP contribution in [0, 0.1) is 0 Å². The number of esters is 1. The summed E-state index contributed by atoms with van der Waals surface area (Å²) < 4.78 is 42.6. The number of H-pyrrole nitrogens is 1. The van der Waals surface area contributed by atoms with E-state index in [0.717, 1.165) is 12.1 Å². The molecule has 0 aliphatic rings. The highest BCUT2D eigenvalue weighted by molar-refractivity contribution is 5.93. The van der Waals surface area contributed by atoms with Gasteiger partial charge in [-0.2, -0.15) is 13.2 Å². The van der Waals surface area contributed by atoms with Gasteiger partial charge in [-0.1, -0.05) is 12.1 Å². The molecule has 2 aromatic carbocycles. The molecule has 0 unspecified atom stereocenters. The Labute approximate surface area is 163 Å². The molecule has 0 aliphatic carbocycles. The van der Waals surface area contributed by atoms with Gasteiger partial charge in [0.15, 0.2) is 0 Å². The number of halogens is 3. The second-order valence-corrected chi connectivity index (χ2v) is 6.60. The van der Waals surface area contributed by atoms with Gasteiger partial charge in [0.25, 0.3) is 5.56 Å². The molecule has 9 heteroatoms. The van der Waals surface area contributed by atoms with E-state index in [1.165, 1.54) is 37.4 Å². The topological polar surface area (TPSA) is 75.3 Å². The number of nitrogens with one attached hydrogen (secondary N) is 1. The number of benzene rings is 2. The van der Waals surface area contributed by atoms with Gasteiger partial charge in [0, 0.05) is 6.54 Å². The Kier molecular flexibility index (Phi) is 5.69. The molecule has 0 saturated heterocycles. The maximum atomic E-state index is 12.7. The lowest BCUT2D eigenvalue weighted by Gasteiger charge is -2.17. The van der Waals surface area contributed by atoms with E-state index in [4.69, 9.17) is 0 Å². The van der Waals surface area contributed by atoms with Gasteiger partial charge in [-0.3, -0.25) is 9.69 Å². The van der Waals surface area contributed by atoms with Crippen molar-refractivity contribution in [3.05, 3.63) is 75.3 Å². The molecule has 0 amide bonds. The van der Waals surface area contributed by atoms with Gasteiger partial charge in [0.1, 0.15) is 5.82 Å². The molecule has 0 bridgehead atoms. The van der Waals surface area contributed by atoms with Crippen LogP contribution in [0.2, 0.25) is 0 Å². The molecule has 0 atom stereocenters. The van der Waals surface area contributed by atoms with Crippen LogP contribution in [0.4, 0.5) is 13.2 Å². The third kappa shape index (κ3) is 4.80. The molecule has 29 heavy (non-hydrogen) atoms. The molecule has 3 aromatic rings. The van der Waals surface area contributed by atoms with Crippen LogP contribution in [0.5, 0.6) is 0 Å². The van der Waals surface area contributed by atoms with E-state index in [2.05, 4.69) is 14.7 Å². The molecule has 0 saturated carbocycles. The third-order valence-electron chi connectivity index (χ3n) is 4.33. The van der Waals surface area contributed by atoms with Gasteiger partial charge >= 0.3 is 12.1 Å². The standard InChI is InChI=1S/C20H18F3N3O3/c1-26(10-12-3-6-14(7-4-12)20(21,22)23)11-17-24-16-9-13(19(28)29-2)5-8-15(16)18(27)25-17/h3-9H,10-11H2,1-2H3,(H,24,25,27). The van der Waals surface area contributed by atoms with E-state index in [1.807, 2.05) is 0 Å². The molecule has 1 aromatic heterocycles. The Hall–Kier alpha value is -3.20. The Morgan fingerprint density at radius 3 is 2.45 bits per heavy atom. The second kappa shape index (κ2) is 8.04. The molecular formula is C20H18F3N3O3. The van der Waals surface area contributed by atoms with Crippen LogP contribution in [-0.2, 0) is 24.0 Å². The number of aromatic nitrogens is 2. The molecule has 6 nitrogen and oxygen atoms in total. The lowest BCUT2D eigenvalue weighted by atomic mass is 10.1. The Balaban J connectivity index is 1.78. The lowest BCUT2D eigenvalue weighted by molar-refractivity contribution is -0.137. The summed E-state index contributed by atoms with van der Waals surface area (Å²) >= 11 is 0. The van der Waals surface area contributed by atoms with Gasteiger partial charge in [0.2, 0.25) is 0 Å². The fourth-order valence-electron chi connectivity index (χ4n) is 2.93. The molecule has 0 radical (unpaired) electrons. The average Bonchev–Trinajstić information content (AvgIpc) is 2.66. The predicted octanol–water partition coefficient (Wildman–Crippen LogP) is 3.36. The van der Waals surface area contributed by atoms with Crippen LogP contribution in [0.25, 0.3) is 10.9 Å². The van der Waals surface area contributed by atoms with Gasteiger partial charge in [0.05, 0.1) is 35.7 Å². The minimum Gasteiger partial charge on any atom is -0.465 e. The maximum absolute atomic E-state index is 12.7. The Morgan fingerprint density at radius 1 is 1.14 bits per heavy atom. The Bertz CT molecular complexity index is 1090. The van der Waals surface area contributed by atoms with Crippen molar-refractivity contribution in [2.45, 2.75) is 19.3 Å². The minimum absolute atomic E-state index is 0.259. The summed E-state index contributed by atoms with van der Waals surface area (Å²) in [6.45, 7) is 0.622.